The first-order chi connectivity index (χ1) is 14.7. The second kappa shape index (κ2) is 6.50. The van der Waals surface area contributed by atoms with Gasteiger partial charge in [0.05, 0.1) is 29.0 Å². The fourth-order valence-electron chi connectivity index (χ4n) is 3.96. The summed E-state index contributed by atoms with van der Waals surface area (Å²) in [6.45, 7) is 0.272. The van der Waals surface area contributed by atoms with E-state index in [4.69, 9.17) is 16.3 Å². The molecule has 0 N–H and O–H groups in total. The van der Waals surface area contributed by atoms with Gasteiger partial charge in [-0.15, -0.1) is 5.10 Å². The maximum Gasteiger partial charge on any atom is 0.238 e. The molecular weight excluding hydrogens is 407 g/mol. The van der Waals surface area contributed by atoms with Crippen molar-refractivity contribution in [3.8, 4) is 11.4 Å². The van der Waals surface area contributed by atoms with Gasteiger partial charge in [-0.05, 0) is 24.3 Å². The summed E-state index contributed by atoms with van der Waals surface area (Å²) >= 11 is 6.23. The zero-order valence-electron chi connectivity index (χ0n) is 15.5. The highest BCUT2D eigenvalue weighted by molar-refractivity contribution is 6.30. The zero-order valence-corrected chi connectivity index (χ0v) is 16.3. The topological polar surface area (TPSA) is 70.1 Å². The standard InChI is InChI=1S/C21H14ClFN6O/c22-12-5-6-17-18(7-12)29-13(9-25-27-29)8-19-20(24-11-28(17)19)21-26-16(10-30-21)14-3-1-2-4-15(14)23/h1-7,9,11,16H,8,10H2. The van der Waals surface area contributed by atoms with Gasteiger partial charge in [0.25, 0.3) is 0 Å². The van der Waals surface area contributed by atoms with Gasteiger partial charge < -0.3 is 4.74 Å². The van der Waals surface area contributed by atoms with Crippen molar-refractivity contribution >= 4 is 17.5 Å². The fourth-order valence-corrected chi connectivity index (χ4v) is 4.12. The molecule has 2 aromatic heterocycles. The van der Waals surface area contributed by atoms with Gasteiger partial charge >= 0.3 is 0 Å². The average molecular weight is 421 g/mol. The lowest BCUT2D eigenvalue weighted by Gasteiger charge is -2.10. The molecule has 7 nitrogen and oxygen atoms in total. The molecule has 0 saturated carbocycles. The smallest absolute Gasteiger partial charge is 0.238 e. The lowest BCUT2D eigenvalue weighted by atomic mass is 10.1. The summed E-state index contributed by atoms with van der Waals surface area (Å²) in [6.07, 6.45) is 3.98. The number of ether oxygens (including phenoxy) is 1. The van der Waals surface area contributed by atoms with Crippen molar-refractivity contribution in [1.82, 2.24) is 24.5 Å². The summed E-state index contributed by atoms with van der Waals surface area (Å²) in [4.78, 5) is 9.21. The molecule has 1 atom stereocenters. The highest BCUT2D eigenvalue weighted by Crippen LogP contribution is 2.33. The molecule has 4 heterocycles. The minimum atomic E-state index is -0.400. The molecule has 2 aliphatic rings. The number of halogens is 2. The molecular formula is C21H14ClFN6O. The number of rotatable bonds is 2. The first-order valence-electron chi connectivity index (χ1n) is 9.40. The van der Waals surface area contributed by atoms with Gasteiger partial charge in [0.2, 0.25) is 5.90 Å². The third-order valence-corrected chi connectivity index (χ3v) is 5.61. The second-order valence-corrected chi connectivity index (χ2v) is 7.58. The Balaban J connectivity index is 1.48. The van der Waals surface area contributed by atoms with Crippen molar-refractivity contribution < 1.29 is 9.13 Å². The fraction of sp³-hybridized carbons (Fsp3) is 0.143. The normalized spacial score (nSPS) is 16.9. The van der Waals surface area contributed by atoms with E-state index in [0.29, 0.717) is 28.6 Å². The van der Waals surface area contributed by atoms with Crippen LogP contribution in [0.4, 0.5) is 4.39 Å². The number of benzene rings is 2. The summed E-state index contributed by atoms with van der Waals surface area (Å²) in [5.41, 5.74) is 4.62. The molecule has 0 amide bonds. The van der Waals surface area contributed by atoms with Crippen LogP contribution in [-0.4, -0.2) is 37.0 Å². The first-order valence-corrected chi connectivity index (χ1v) is 9.78. The molecule has 30 heavy (non-hydrogen) atoms. The van der Waals surface area contributed by atoms with Crippen LogP contribution in [0.15, 0.2) is 60.0 Å². The van der Waals surface area contributed by atoms with Crippen LogP contribution in [0.3, 0.4) is 0 Å². The highest BCUT2D eigenvalue weighted by Gasteiger charge is 2.30. The van der Waals surface area contributed by atoms with Crippen LogP contribution in [0.5, 0.6) is 0 Å². The van der Waals surface area contributed by atoms with Crippen LogP contribution in [0.25, 0.3) is 11.4 Å². The first kappa shape index (κ1) is 17.3. The molecule has 9 heteroatoms. The largest absolute Gasteiger partial charge is 0.474 e. The Morgan fingerprint density at radius 3 is 2.93 bits per heavy atom. The Morgan fingerprint density at radius 1 is 1.13 bits per heavy atom. The molecule has 1 unspecified atom stereocenters. The molecule has 0 saturated heterocycles. The van der Waals surface area contributed by atoms with Crippen LogP contribution >= 0.6 is 11.6 Å². The number of imidazole rings is 1. The lowest BCUT2D eigenvalue weighted by molar-refractivity contribution is 0.316. The van der Waals surface area contributed by atoms with E-state index in [-0.39, 0.29) is 12.4 Å². The van der Waals surface area contributed by atoms with Crippen LogP contribution in [0.2, 0.25) is 5.02 Å². The van der Waals surface area contributed by atoms with E-state index in [9.17, 15) is 4.39 Å². The van der Waals surface area contributed by atoms with E-state index < -0.39 is 6.04 Å². The Hall–Kier alpha value is -3.52. The molecule has 0 spiro atoms. The molecule has 2 aliphatic heterocycles. The quantitative estimate of drug-likeness (QED) is 0.437. The van der Waals surface area contributed by atoms with Crippen LogP contribution in [-0.2, 0) is 11.2 Å². The summed E-state index contributed by atoms with van der Waals surface area (Å²) in [7, 11) is 0. The predicted molar refractivity (Wildman–Crippen MR) is 108 cm³/mol. The van der Waals surface area contributed by atoms with Gasteiger partial charge in [-0.3, -0.25) is 4.57 Å². The number of hydrogen-bond donors (Lipinski definition) is 0. The van der Waals surface area contributed by atoms with Crippen LogP contribution < -0.4 is 0 Å². The SMILES string of the molecule is Fc1ccccc1C1COC(c2ncn3c2Cc2cnnn2-c2cc(Cl)ccc2-3)=N1. The van der Waals surface area contributed by atoms with Gasteiger partial charge in [-0.1, -0.05) is 35.0 Å². The second-order valence-electron chi connectivity index (χ2n) is 7.14. The van der Waals surface area contributed by atoms with E-state index in [0.717, 1.165) is 22.8 Å². The average Bonchev–Trinajstić information content (AvgIpc) is 3.47. The van der Waals surface area contributed by atoms with Crippen molar-refractivity contribution in [3.05, 3.63) is 88.5 Å². The van der Waals surface area contributed by atoms with E-state index in [1.165, 1.54) is 6.07 Å². The van der Waals surface area contributed by atoms with Crippen molar-refractivity contribution in [3.63, 3.8) is 0 Å². The Morgan fingerprint density at radius 2 is 2.03 bits per heavy atom. The van der Waals surface area contributed by atoms with E-state index in [2.05, 4.69) is 20.3 Å². The van der Waals surface area contributed by atoms with Gasteiger partial charge in [-0.25, -0.2) is 19.0 Å². The molecule has 4 aromatic rings. The monoisotopic (exact) mass is 420 g/mol. The van der Waals surface area contributed by atoms with Gasteiger partial charge in [-0.2, -0.15) is 0 Å². The predicted octanol–water partition coefficient (Wildman–Crippen LogP) is 3.67. The summed E-state index contributed by atoms with van der Waals surface area (Å²) < 4.78 is 23.8. The van der Waals surface area contributed by atoms with Crippen LogP contribution in [0, 0.1) is 5.82 Å². The number of aliphatic imine (C=N–C) groups is 1. The minimum absolute atomic E-state index is 0.272. The summed E-state index contributed by atoms with van der Waals surface area (Å²) in [5, 5.41) is 8.89. The maximum atomic E-state index is 14.2. The van der Waals surface area contributed by atoms with Crippen LogP contribution in [0.1, 0.15) is 28.7 Å². The molecule has 0 radical (unpaired) electrons. The number of fused-ring (bicyclic) bond motifs is 5. The maximum absolute atomic E-state index is 14.2. The Bertz CT molecular complexity index is 1330. The van der Waals surface area contributed by atoms with Gasteiger partial charge in [0.15, 0.2) is 0 Å². The van der Waals surface area contributed by atoms with Crippen molar-refractivity contribution in [2.45, 2.75) is 12.5 Å². The minimum Gasteiger partial charge on any atom is -0.474 e. The van der Waals surface area contributed by atoms with E-state index in [1.54, 1.807) is 35.4 Å². The third-order valence-electron chi connectivity index (χ3n) is 5.38. The molecule has 6 rings (SSSR count). The number of hydrogen-bond acceptors (Lipinski definition) is 5. The van der Waals surface area contributed by atoms with E-state index in [1.807, 2.05) is 22.8 Å². The van der Waals surface area contributed by atoms with Gasteiger partial charge in [0.1, 0.15) is 30.5 Å². The third kappa shape index (κ3) is 2.57. The molecule has 0 bridgehead atoms. The summed E-state index contributed by atoms with van der Waals surface area (Å²) in [6, 6.07) is 11.8. The Kier molecular flexibility index (Phi) is 3.76. The zero-order chi connectivity index (χ0) is 20.2. The molecule has 2 aromatic carbocycles. The number of aromatic nitrogens is 5. The van der Waals surface area contributed by atoms with Crippen molar-refractivity contribution in [2.24, 2.45) is 4.99 Å². The number of nitrogens with zero attached hydrogens (tertiary/aromatic N) is 6. The highest BCUT2D eigenvalue weighted by atomic mass is 35.5. The van der Waals surface area contributed by atoms with E-state index >= 15 is 0 Å². The molecule has 0 fully saturated rings. The molecule has 148 valence electrons. The van der Waals surface area contributed by atoms with Crippen molar-refractivity contribution in [1.29, 1.82) is 0 Å². The van der Waals surface area contributed by atoms with Crippen molar-refractivity contribution in [2.75, 3.05) is 6.61 Å². The Labute approximate surface area is 175 Å². The van der Waals surface area contributed by atoms with Gasteiger partial charge in [0, 0.05) is 17.0 Å². The molecule has 0 aliphatic carbocycles. The lowest BCUT2D eigenvalue weighted by Crippen LogP contribution is -2.08. The summed E-state index contributed by atoms with van der Waals surface area (Å²) in [5.74, 6) is 0.119.